The summed E-state index contributed by atoms with van der Waals surface area (Å²) in [4.78, 5) is 16.9. The molecule has 8 heteroatoms. The fraction of sp³-hybridized carbons (Fsp3) is 0.259. The lowest BCUT2D eigenvalue weighted by Crippen LogP contribution is -2.04. The molecule has 0 radical (unpaired) electrons. The largest absolute Gasteiger partial charge is 0.495 e. The molecule has 1 aliphatic carbocycles. The quantitative estimate of drug-likeness (QED) is 0.247. The van der Waals surface area contributed by atoms with Crippen molar-refractivity contribution in [2.45, 2.75) is 42.9 Å². The van der Waals surface area contributed by atoms with Gasteiger partial charge in [-0.15, -0.1) is 11.3 Å². The summed E-state index contributed by atoms with van der Waals surface area (Å²) in [5.41, 5.74) is 3.38. The minimum Gasteiger partial charge on any atom is -0.495 e. The molecule has 180 valence electrons. The molecule has 0 bridgehead atoms. The topological polar surface area (TPSA) is 71.5 Å². The van der Waals surface area contributed by atoms with Crippen LogP contribution in [0.5, 0.6) is 5.75 Å². The lowest BCUT2D eigenvalue weighted by molar-refractivity contribution is 0.0691. The number of rotatable bonds is 7. The fourth-order valence-electron chi connectivity index (χ4n) is 4.51. The zero-order chi connectivity index (χ0) is 24.4. The maximum absolute atomic E-state index is 14.2. The van der Waals surface area contributed by atoms with Crippen LogP contribution in [-0.4, -0.2) is 23.2 Å². The van der Waals surface area contributed by atoms with Gasteiger partial charge in [-0.25, -0.2) is 14.2 Å². The van der Waals surface area contributed by atoms with Gasteiger partial charge in [-0.2, -0.15) is 0 Å². The van der Waals surface area contributed by atoms with Gasteiger partial charge in [0.15, 0.2) is 0 Å². The Labute approximate surface area is 211 Å². The molecule has 1 saturated carbocycles. The molecule has 5 rings (SSSR count). The van der Waals surface area contributed by atoms with E-state index in [1.807, 2.05) is 18.2 Å². The third-order valence-corrected chi connectivity index (χ3v) is 8.29. The number of aromatic carboxylic acids is 1. The van der Waals surface area contributed by atoms with Crippen molar-refractivity contribution in [3.63, 3.8) is 0 Å². The number of carboxylic acid groups (broad SMARTS) is 1. The summed E-state index contributed by atoms with van der Waals surface area (Å²) >= 11 is 2.95. The zero-order valence-electron chi connectivity index (χ0n) is 19.2. The Bertz CT molecular complexity index is 1370. The van der Waals surface area contributed by atoms with Crippen LogP contribution < -0.4 is 9.46 Å². The monoisotopic (exact) mass is 508 g/mol. The number of benzene rings is 3. The van der Waals surface area contributed by atoms with Crippen LogP contribution in [-0.2, 0) is 0 Å². The number of halogens is 1. The molecule has 0 aliphatic heterocycles. The molecule has 0 unspecified atom stereocenters. The number of aromatic nitrogens is 1. The van der Waals surface area contributed by atoms with Gasteiger partial charge in [0.25, 0.3) is 0 Å². The van der Waals surface area contributed by atoms with Gasteiger partial charge >= 0.3 is 5.97 Å². The maximum atomic E-state index is 14.2. The lowest BCUT2D eigenvalue weighted by Gasteiger charge is -2.21. The van der Waals surface area contributed by atoms with Crippen LogP contribution in [0.25, 0.3) is 20.8 Å². The van der Waals surface area contributed by atoms with Crippen molar-refractivity contribution in [3.05, 3.63) is 71.5 Å². The smallest absolute Gasteiger partial charge is 0.338 e. The first-order valence-electron chi connectivity index (χ1n) is 11.6. The highest BCUT2D eigenvalue weighted by Gasteiger charge is 2.17. The van der Waals surface area contributed by atoms with Crippen molar-refractivity contribution in [2.24, 2.45) is 0 Å². The second kappa shape index (κ2) is 10.3. The minimum atomic E-state index is -1.34. The van der Waals surface area contributed by atoms with Crippen molar-refractivity contribution in [1.29, 1.82) is 0 Å². The molecule has 0 atom stereocenters. The van der Waals surface area contributed by atoms with E-state index in [4.69, 9.17) is 14.8 Å². The van der Waals surface area contributed by atoms with E-state index in [0.717, 1.165) is 31.7 Å². The average molecular weight is 509 g/mol. The highest BCUT2D eigenvalue weighted by atomic mass is 32.2. The summed E-state index contributed by atoms with van der Waals surface area (Å²) in [6.07, 6.45) is 6.59. The van der Waals surface area contributed by atoms with Crippen molar-refractivity contribution < 1.29 is 19.0 Å². The number of methoxy groups -OCH3 is 1. The van der Waals surface area contributed by atoms with Gasteiger partial charge in [-0.1, -0.05) is 43.5 Å². The number of carboxylic acids is 1. The van der Waals surface area contributed by atoms with Gasteiger partial charge < -0.3 is 14.6 Å². The standard InChI is InChI=1S/C27H25FN2O3S2/c1-33-24-14-20(27(31)32)21(28)15-22(24)30-35-19-11-12-25-23(13-19)29-26(34-25)18-9-7-17(8-10-18)16-5-3-2-4-6-16/h7-16,30H,2-6H2,1H3,(H,31,32). The molecule has 2 N–H and O–H groups in total. The van der Waals surface area contributed by atoms with Crippen molar-refractivity contribution in [2.75, 3.05) is 11.8 Å². The number of thiazole rings is 1. The van der Waals surface area contributed by atoms with E-state index in [2.05, 4.69) is 29.0 Å². The van der Waals surface area contributed by atoms with Gasteiger partial charge in [-0.3, -0.25) is 0 Å². The number of ether oxygens (including phenoxy) is 1. The average Bonchev–Trinajstić information content (AvgIpc) is 3.31. The third-order valence-electron chi connectivity index (χ3n) is 6.39. The first kappa shape index (κ1) is 23.6. The summed E-state index contributed by atoms with van der Waals surface area (Å²) in [6.45, 7) is 0. The second-order valence-electron chi connectivity index (χ2n) is 8.65. The van der Waals surface area contributed by atoms with E-state index in [1.165, 1.54) is 62.8 Å². The van der Waals surface area contributed by atoms with Crippen LogP contribution in [0.4, 0.5) is 10.1 Å². The van der Waals surface area contributed by atoms with E-state index < -0.39 is 17.3 Å². The molecule has 1 aliphatic rings. The lowest BCUT2D eigenvalue weighted by atomic mass is 9.84. The highest BCUT2D eigenvalue weighted by Crippen LogP contribution is 2.37. The van der Waals surface area contributed by atoms with Crippen LogP contribution in [0.2, 0.25) is 0 Å². The number of hydrogen-bond acceptors (Lipinski definition) is 6. The first-order valence-corrected chi connectivity index (χ1v) is 13.2. The molecule has 5 nitrogen and oxygen atoms in total. The first-order chi connectivity index (χ1) is 17.0. The zero-order valence-corrected chi connectivity index (χ0v) is 20.8. The molecule has 35 heavy (non-hydrogen) atoms. The number of nitrogens with zero attached hydrogens (tertiary/aromatic N) is 1. The van der Waals surface area contributed by atoms with E-state index >= 15 is 0 Å². The molecule has 0 spiro atoms. The van der Waals surface area contributed by atoms with E-state index in [-0.39, 0.29) is 5.75 Å². The van der Waals surface area contributed by atoms with Gasteiger partial charge in [0, 0.05) is 16.5 Å². The SMILES string of the molecule is COc1cc(C(=O)O)c(F)cc1NSc1ccc2sc(-c3ccc(C4CCCCC4)cc3)nc2c1. The Balaban J connectivity index is 1.32. The van der Waals surface area contributed by atoms with Crippen molar-refractivity contribution in [3.8, 4) is 16.3 Å². The summed E-state index contributed by atoms with van der Waals surface area (Å²) in [5, 5.41) is 10.1. The van der Waals surface area contributed by atoms with E-state index in [1.54, 1.807) is 11.3 Å². The van der Waals surface area contributed by atoms with E-state index in [9.17, 15) is 9.18 Å². The van der Waals surface area contributed by atoms with Crippen LogP contribution in [0, 0.1) is 5.82 Å². The predicted molar refractivity (Wildman–Crippen MR) is 140 cm³/mol. The van der Waals surface area contributed by atoms with Gasteiger partial charge in [0.05, 0.1) is 28.6 Å². The number of nitrogens with one attached hydrogen (secondary N) is 1. The Kier molecular flexibility index (Phi) is 6.92. The highest BCUT2D eigenvalue weighted by molar-refractivity contribution is 8.00. The molecule has 1 heterocycles. The second-order valence-corrected chi connectivity index (χ2v) is 10.6. The number of fused-ring (bicyclic) bond motifs is 1. The summed E-state index contributed by atoms with van der Waals surface area (Å²) in [7, 11) is 1.42. The number of anilines is 1. The minimum absolute atomic E-state index is 0.255. The molecular formula is C27H25FN2O3S2. The van der Waals surface area contributed by atoms with E-state index in [0.29, 0.717) is 11.6 Å². The van der Waals surface area contributed by atoms with Crippen LogP contribution in [0.15, 0.2) is 59.5 Å². The Morgan fingerprint density at radius 3 is 2.60 bits per heavy atom. The molecule has 0 saturated heterocycles. The molecular weight excluding hydrogens is 483 g/mol. The predicted octanol–water partition coefficient (Wildman–Crippen LogP) is 7.98. The van der Waals surface area contributed by atoms with Gasteiger partial charge in [0.2, 0.25) is 0 Å². The number of hydrogen-bond donors (Lipinski definition) is 2. The molecule has 0 amide bonds. The summed E-state index contributed by atoms with van der Waals surface area (Å²) in [6, 6.07) is 17.2. The Morgan fingerprint density at radius 1 is 1.11 bits per heavy atom. The fourth-order valence-corrected chi connectivity index (χ4v) is 6.15. The summed E-state index contributed by atoms with van der Waals surface area (Å²) in [5.74, 6) is -1.22. The van der Waals surface area contributed by atoms with Crippen molar-refractivity contribution >= 4 is 45.2 Å². The van der Waals surface area contributed by atoms with Crippen LogP contribution in [0.1, 0.15) is 53.9 Å². The van der Waals surface area contributed by atoms with Gasteiger partial charge in [-0.05, 0) is 60.5 Å². The summed E-state index contributed by atoms with van der Waals surface area (Å²) < 4.78 is 23.5. The Morgan fingerprint density at radius 2 is 1.89 bits per heavy atom. The molecule has 3 aromatic carbocycles. The number of carbonyl (C=O) groups is 1. The molecule has 1 fully saturated rings. The van der Waals surface area contributed by atoms with Crippen LogP contribution in [0.3, 0.4) is 0 Å². The van der Waals surface area contributed by atoms with Gasteiger partial charge in [0.1, 0.15) is 16.6 Å². The third kappa shape index (κ3) is 5.13. The molecule has 4 aromatic rings. The van der Waals surface area contributed by atoms with Crippen molar-refractivity contribution in [1.82, 2.24) is 4.98 Å². The van der Waals surface area contributed by atoms with Crippen LogP contribution >= 0.6 is 23.3 Å². The normalized spacial score (nSPS) is 14.2. The Hall–Kier alpha value is -3.10. The molecule has 1 aromatic heterocycles. The maximum Gasteiger partial charge on any atom is 0.338 e.